The quantitative estimate of drug-likeness (QED) is 0.786. The summed E-state index contributed by atoms with van der Waals surface area (Å²) in [6, 6.07) is 12.8. The minimum atomic E-state index is -3.91. The second-order valence-corrected chi connectivity index (χ2v) is 8.41. The van der Waals surface area contributed by atoms with Crippen LogP contribution in [0.2, 0.25) is 0 Å². The van der Waals surface area contributed by atoms with E-state index in [1.807, 2.05) is 30.3 Å². The third-order valence-electron chi connectivity index (χ3n) is 4.92. The molecule has 1 aliphatic heterocycles. The largest absolute Gasteiger partial charge is 0.465 e. The number of nitrogens with two attached hydrogens (primary N) is 1. The first-order chi connectivity index (χ1) is 12.9. The lowest BCUT2D eigenvalue weighted by molar-refractivity contribution is 0.0595. The molecule has 1 heterocycles. The van der Waals surface area contributed by atoms with E-state index in [1.54, 1.807) is 0 Å². The Morgan fingerprint density at radius 1 is 1.22 bits per heavy atom. The van der Waals surface area contributed by atoms with Crippen LogP contribution in [-0.2, 0) is 14.8 Å². The fourth-order valence-corrected chi connectivity index (χ4v) is 4.96. The molecule has 1 saturated heterocycles. The molecule has 3 rings (SSSR count). The molecule has 0 unspecified atom stereocenters. The zero-order valence-electron chi connectivity index (χ0n) is 14.8. The molecule has 0 radical (unpaired) electrons. The summed E-state index contributed by atoms with van der Waals surface area (Å²) < 4.78 is 46.0. The van der Waals surface area contributed by atoms with E-state index in [9.17, 15) is 17.6 Å². The number of methoxy groups -OCH3 is 1. The van der Waals surface area contributed by atoms with Crippen LogP contribution in [-0.4, -0.2) is 45.4 Å². The Bertz CT molecular complexity index is 934. The van der Waals surface area contributed by atoms with E-state index in [1.165, 1.54) is 10.4 Å². The van der Waals surface area contributed by atoms with Crippen LogP contribution >= 0.6 is 0 Å². The summed E-state index contributed by atoms with van der Waals surface area (Å²) in [6.07, 6.45) is 0. The van der Waals surface area contributed by atoms with Crippen LogP contribution in [0.25, 0.3) is 0 Å². The fourth-order valence-electron chi connectivity index (χ4n) is 3.43. The highest BCUT2D eigenvalue weighted by Crippen LogP contribution is 2.35. The zero-order valence-corrected chi connectivity index (χ0v) is 15.7. The summed E-state index contributed by atoms with van der Waals surface area (Å²) in [6.45, 7) is 0.884. The molecule has 0 amide bonds. The van der Waals surface area contributed by atoms with Crippen LogP contribution in [0.4, 0.5) is 4.39 Å². The number of nitrogens with zero attached hydrogens (tertiary/aromatic N) is 1. The predicted octanol–water partition coefficient (Wildman–Crippen LogP) is 1.98. The van der Waals surface area contributed by atoms with Gasteiger partial charge < -0.3 is 10.5 Å². The van der Waals surface area contributed by atoms with Gasteiger partial charge in [-0.3, -0.25) is 0 Å². The van der Waals surface area contributed by atoms with E-state index in [-0.39, 0.29) is 35.4 Å². The van der Waals surface area contributed by atoms with Gasteiger partial charge in [0.25, 0.3) is 0 Å². The lowest BCUT2D eigenvalue weighted by atomic mass is 9.89. The van der Waals surface area contributed by atoms with E-state index < -0.39 is 21.8 Å². The van der Waals surface area contributed by atoms with Crippen molar-refractivity contribution in [2.45, 2.75) is 10.8 Å². The van der Waals surface area contributed by atoms with Crippen LogP contribution in [0.5, 0.6) is 0 Å². The zero-order chi connectivity index (χ0) is 19.6. The van der Waals surface area contributed by atoms with Crippen molar-refractivity contribution < 1.29 is 22.3 Å². The first kappa shape index (κ1) is 19.5. The van der Waals surface area contributed by atoms with Crippen molar-refractivity contribution >= 4 is 16.0 Å². The molecular weight excluding hydrogens is 371 g/mol. The smallest absolute Gasteiger partial charge is 0.340 e. The molecule has 144 valence electrons. The highest BCUT2D eigenvalue weighted by Gasteiger charge is 2.39. The summed E-state index contributed by atoms with van der Waals surface area (Å²) in [5, 5.41) is 0. The van der Waals surface area contributed by atoms with Gasteiger partial charge in [0.05, 0.1) is 17.6 Å². The van der Waals surface area contributed by atoms with Crippen molar-refractivity contribution in [3.63, 3.8) is 0 Å². The van der Waals surface area contributed by atoms with Crippen LogP contribution < -0.4 is 5.73 Å². The van der Waals surface area contributed by atoms with Gasteiger partial charge in [-0.1, -0.05) is 30.3 Å². The van der Waals surface area contributed by atoms with Crippen LogP contribution in [0.15, 0.2) is 53.4 Å². The molecule has 0 bridgehead atoms. The molecule has 0 saturated carbocycles. The lowest BCUT2D eigenvalue weighted by Crippen LogP contribution is -2.30. The van der Waals surface area contributed by atoms with Crippen molar-refractivity contribution in [2.24, 2.45) is 11.7 Å². The van der Waals surface area contributed by atoms with Gasteiger partial charge in [0, 0.05) is 19.0 Å². The first-order valence-electron chi connectivity index (χ1n) is 8.51. The highest BCUT2D eigenvalue weighted by atomic mass is 32.2. The van der Waals surface area contributed by atoms with Gasteiger partial charge in [0.2, 0.25) is 10.0 Å². The number of carbonyl (C=O) groups is 1. The number of esters is 1. The predicted molar refractivity (Wildman–Crippen MR) is 98.2 cm³/mol. The number of carbonyl (C=O) groups excluding carboxylic acids is 1. The molecule has 8 heteroatoms. The molecule has 2 aromatic rings. The average Bonchev–Trinajstić information content (AvgIpc) is 3.13. The van der Waals surface area contributed by atoms with Gasteiger partial charge in [-0.2, -0.15) is 4.31 Å². The molecule has 27 heavy (non-hydrogen) atoms. The Morgan fingerprint density at radius 2 is 1.93 bits per heavy atom. The average molecular weight is 392 g/mol. The van der Waals surface area contributed by atoms with E-state index >= 15 is 0 Å². The number of benzene rings is 2. The maximum absolute atomic E-state index is 14.2. The maximum Gasteiger partial charge on any atom is 0.340 e. The minimum absolute atomic E-state index is 0.0230. The third-order valence-corrected chi connectivity index (χ3v) is 6.75. The summed E-state index contributed by atoms with van der Waals surface area (Å²) in [4.78, 5) is 11.3. The number of hydrogen-bond acceptors (Lipinski definition) is 5. The number of ether oxygens (including phenoxy) is 1. The molecule has 6 nitrogen and oxygen atoms in total. The Hall–Kier alpha value is -2.29. The number of hydrogen-bond donors (Lipinski definition) is 1. The van der Waals surface area contributed by atoms with Crippen molar-refractivity contribution in [1.29, 1.82) is 0 Å². The topological polar surface area (TPSA) is 89.7 Å². The second kappa shape index (κ2) is 7.75. The molecule has 1 fully saturated rings. The molecule has 0 spiro atoms. The lowest BCUT2D eigenvalue weighted by Gasteiger charge is -2.17. The molecule has 2 atom stereocenters. The first-order valence-corrected chi connectivity index (χ1v) is 9.95. The summed E-state index contributed by atoms with van der Waals surface area (Å²) >= 11 is 0. The van der Waals surface area contributed by atoms with Crippen molar-refractivity contribution in [3.8, 4) is 0 Å². The van der Waals surface area contributed by atoms with Crippen LogP contribution in [0.1, 0.15) is 21.8 Å². The molecule has 2 aromatic carbocycles. The van der Waals surface area contributed by atoms with Gasteiger partial charge in [-0.15, -0.1) is 0 Å². The Morgan fingerprint density at radius 3 is 2.52 bits per heavy atom. The number of sulfonamides is 1. The van der Waals surface area contributed by atoms with Gasteiger partial charge in [0.1, 0.15) is 5.82 Å². The van der Waals surface area contributed by atoms with Crippen LogP contribution in [0, 0.1) is 11.7 Å². The van der Waals surface area contributed by atoms with Gasteiger partial charge in [0.15, 0.2) is 0 Å². The van der Waals surface area contributed by atoms with Gasteiger partial charge in [-0.05, 0) is 36.2 Å². The van der Waals surface area contributed by atoms with E-state index in [0.717, 1.165) is 24.8 Å². The van der Waals surface area contributed by atoms with E-state index in [0.29, 0.717) is 6.54 Å². The Kier molecular flexibility index (Phi) is 5.59. The number of halogens is 1. The summed E-state index contributed by atoms with van der Waals surface area (Å²) in [5.41, 5.74) is 6.59. The Balaban J connectivity index is 1.89. The SMILES string of the molecule is COC(=O)c1ccc(S(=O)(=O)N2C[C@@H](CN)[C@H](c3ccccc3)C2)cc1F. The van der Waals surface area contributed by atoms with Crippen molar-refractivity contribution in [3.05, 3.63) is 65.5 Å². The molecule has 2 N–H and O–H groups in total. The summed E-state index contributed by atoms with van der Waals surface area (Å²) in [5.74, 6) is -1.84. The fraction of sp³-hybridized carbons (Fsp3) is 0.316. The minimum Gasteiger partial charge on any atom is -0.465 e. The molecule has 1 aliphatic rings. The van der Waals surface area contributed by atoms with E-state index in [2.05, 4.69) is 4.74 Å². The van der Waals surface area contributed by atoms with Crippen molar-refractivity contribution in [2.75, 3.05) is 26.7 Å². The van der Waals surface area contributed by atoms with Crippen LogP contribution in [0.3, 0.4) is 0 Å². The normalized spacial score (nSPS) is 20.6. The van der Waals surface area contributed by atoms with Gasteiger partial charge in [-0.25, -0.2) is 17.6 Å². The maximum atomic E-state index is 14.2. The summed E-state index contributed by atoms with van der Waals surface area (Å²) in [7, 11) is -2.78. The monoisotopic (exact) mass is 392 g/mol. The van der Waals surface area contributed by atoms with E-state index in [4.69, 9.17) is 5.73 Å². The standard InChI is InChI=1S/C19H21FN2O4S/c1-26-19(23)16-8-7-15(9-18(16)20)27(24,25)22-11-14(10-21)17(12-22)13-5-3-2-4-6-13/h2-9,14,17H,10-12,21H2,1H3/t14-,17+/m1/s1. The Labute approximate surface area is 157 Å². The molecule has 0 aromatic heterocycles. The molecular formula is C19H21FN2O4S. The van der Waals surface area contributed by atoms with Crippen molar-refractivity contribution in [1.82, 2.24) is 4.31 Å². The molecule has 0 aliphatic carbocycles. The number of rotatable bonds is 5. The second-order valence-electron chi connectivity index (χ2n) is 6.47. The highest BCUT2D eigenvalue weighted by molar-refractivity contribution is 7.89. The third kappa shape index (κ3) is 3.73. The van der Waals surface area contributed by atoms with Gasteiger partial charge >= 0.3 is 5.97 Å².